The summed E-state index contributed by atoms with van der Waals surface area (Å²) in [5.74, 6) is -1.25. The van der Waals surface area contributed by atoms with Crippen molar-refractivity contribution in [1.82, 2.24) is 4.90 Å². The van der Waals surface area contributed by atoms with Gasteiger partial charge in [0.25, 0.3) is 0 Å². The van der Waals surface area contributed by atoms with Crippen molar-refractivity contribution in [3.05, 3.63) is 12.2 Å². The average molecular weight is 321 g/mol. The third kappa shape index (κ3) is 2.31. The van der Waals surface area contributed by atoms with Crippen molar-refractivity contribution in [2.45, 2.75) is 44.0 Å². The Balaban J connectivity index is 1.52. The van der Waals surface area contributed by atoms with E-state index in [4.69, 9.17) is 14.2 Å². The number of carbonyl (C=O) groups is 2. The van der Waals surface area contributed by atoms with Crippen LogP contribution in [0.15, 0.2) is 12.2 Å². The molecule has 4 aliphatic rings. The van der Waals surface area contributed by atoms with Gasteiger partial charge in [-0.05, 0) is 19.3 Å². The van der Waals surface area contributed by atoms with E-state index in [1.54, 1.807) is 0 Å². The highest BCUT2D eigenvalue weighted by molar-refractivity contribution is 5.91. The molecule has 0 N–H and O–H groups in total. The molecule has 126 valence electrons. The van der Waals surface area contributed by atoms with Crippen molar-refractivity contribution in [2.24, 2.45) is 11.8 Å². The van der Waals surface area contributed by atoms with Crippen molar-refractivity contribution in [1.29, 1.82) is 0 Å². The molecule has 4 aliphatic heterocycles. The molecule has 0 aliphatic carbocycles. The number of amides is 1. The van der Waals surface area contributed by atoms with Crippen LogP contribution in [0.1, 0.15) is 26.2 Å². The van der Waals surface area contributed by atoms with E-state index in [1.165, 1.54) is 0 Å². The minimum atomic E-state index is -0.643. The largest absolute Gasteiger partial charge is 0.465 e. The lowest BCUT2D eigenvalue weighted by Crippen LogP contribution is -2.40. The van der Waals surface area contributed by atoms with Gasteiger partial charge in [-0.2, -0.15) is 0 Å². The van der Waals surface area contributed by atoms with Crippen molar-refractivity contribution < 1.29 is 23.8 Å². The smallest absolute Gasteiger partial charge is 0.312 e. The van der Waals surface area contributed by atoms with Crippen LogP contribution < -0.4 is 0 Å². The Kier molecular flexibility index (Phi) is 3.69. The minimum Gasteiger partial charge on any atom is -0.465 e. The summed E-state index contributed by atoms with van der Waals surface area (Å²) in [6.45, 7) is 4.22. The zero-order chi connectivity index (χ0) is 16.0. The quantitative estimate of drug-likeness (QED) is 0.556. The molecule has 0 aromatic rings. The Labute approximate surface area is 135 Å². The van der Waals surface area contributed by atoms with Gasteiger partial charge in [0, 0.05) is 13.2 Å². The van der Waals surface area contributed by atoms with Gasteiger partial charge in [0.15, 0.2) is 0 Å². The number of hydrogen-bond donors (Lipinski definition) is 0. The number of hydrogen-bond acceptors (Lipinski definition) is 5. The Bertz CT molecular complexity index is 541. The van der Waals surface area contributed by atoms with E-state index in [1.807, 2.05) is 24.0 Å². The molecular formula is C17H23NO5. The SMILES string of the molecule is CCCOC(=O)[C@@H]1[C@@H]2C=C[C@@]3(CN(C[C@@H]4CCCO4)C(=O)[C@H]13)O2. The second kappa shape index (κ2) is 5.60. The summed E-state index contributed by atoms with van der Waals surface area (Å²) < 4.78 is 17.0. The van der Waals surface area contributed by atoms with Gasteiger partial charge in [0.2, 0.25) is 5.91 Å². The molecule has 3 fully saturated rings. The van der Waals surface area contributed by atoms with Crippen LogP contribution >= 0.6 is 0 Å². The minimum absolute atomic E-state index is 0.00537. The van der Waals surface area contributed by atoms with Gasteiger partial charge < -0.3 is 19.1 Å². The monoisotopic (exact) mass is 321 g/mol. The van der Waals surface area contributed by atoms with Gasteiger partial charge in [0.05, 0.1) is 31.3 Å². The van der Waals surface area contributed by atoms with Crippen LogP contribution in [-0.4, -0.2) is 60.9 Å². The molecule has 0 radical (unpaired) electrons. The maximum absolute atomic E-state index is 12.9. The molecule has 1 spiro atoms. The highest BCUT2D eigenvalue weighted by Gasteiger charge is 2.67. The topological polar surface area (TPSA) is 65.1 Å². The Morgan fingerprint density at radius 3 is 3.13 bits per heavy atom. The lowest BCUT2D eigenvalue weighted by Gasteiger charge is -2.23. The maximum Gasteiger partial charge on any atom is 0.312 e. The highest BCUT2D eigenvalue weighted by atomic mass is 16.6. The lowest BCUT2D eigenvalue weighted by atomic mass is 9.77. The number of carbonyl (C=O) groups excluding carboxylic acids is 2. The number of likely N-dealkylation sites (tertiary alicyclic amines) is 1. The second-order valence-electron chi connectivity index (χ2n) is 6.92. The molecular weight excluding hydrogens is 298 g/mol. The molecule has 1 amide bonds. The van der Waals surface area contributed by atoms with Gasteiger partial charge in [-0.15, -0.1) is 0 Å². The summed E-state index contributed by atoms with van der Waals surface area (Å²) in [7, 11) is 0. The molecule has 0 saturated carbocycles. The number of rotatable bonds is 5. The third-order valence-corrected chi connectivity index (χ3v) is 5.35. The zero-order valence-corrected chi connectivity index (χ0v) is 13.4. The van der Waals surface area contributed by atoms with E-state index in [2.05, 4.69) is 0 Å². The molecule has 0 aromatic carbocycles. The van der Waals surface area contributed by atoms with Crippen LogP contribution in [0.3, 0.4) is 0 Å². The first-order chi connectivity index (χ1) is 11.1. The van der Waals surface area contributed by atoms with Gasteiger partial charge in [-0.1, -0.05) is 19.1 Å². The first-order valence-corrected chi connectivity index (χ1v) is 8.59. The van der Waals surface area contributed by atoms with Crippen LogP contribution in [-0.2, 0) is 23.8 Å². The fourth-order valence-electron chi connectivity index (χ4n) is 4.33. The predicted octanol–water partition coefficient (Wildman–Crippen LogP) is 0.901. The Morgan fingerprint density at radius 2 is 2.39 bits per heavy atom. The molecule has 3 saturated heterocycles. The summed E-state index contributed by atoms with van der Waals surface area (Å²) in [6, 6.07) is 0. The third-order valence-electron chi connectivity index (χ3n) is 5.35. The van der Waals surface area contributed by atoms with Crippen molar-refractivity contribution in [3.8, 4) is 0 Å². The summed E-state index contributed by atoms with van der Waals surface area (Å²) in [4.78, 5) is 27.1. The fourth-order valence-corrected chi connectivity index (χ4v) is 4.33. The molecule has 4 rings (SSSR count). The van der Waals surface area contributed by atoms with Gasteiger partial charge >= 0.3 is 5.97 Å². The lowest BCUT2D eigenvalue weighted by molar-refractivity contribution is -0.154. The van der Waals surface area contributed by atoms with Gasteiger partial charge in [-0.25, -0.2) is 0 Å². The second-order valence-corrected chi connectivity index (χ2v) is 6.92. The molecule has 6 nitrogen and oxygen atoms in total. The number of nitrogens with zero attached hydrogens (tertiary/aromatic N) is 1. The molecule has 0 aromatic heterocycles. The number of fused-ring (bicyclic) bond motifs is 1. The Morgan fingerprint density at radius 1 is 1.52 bits per heavy atom. The summed E-state index contributed by atoms with van der Waals surface area (Å²) in [6.07, 6.45) is 6.48. The van der Waals surface area contributed by atoms with E-state index in [-0.39, 0.29) is 24.1 Å². The summed E-state index contributed by atoms with van der Waals surface area (Å²) in [5, 5.41) is 0. The van der Waals surface area contributed by atoms with Gasteiger partial charge in [0.1, 0.15) is 11.5 Å². The van der Waals surface area contributed by atoms with E-state index in [9.17, 15) is 9.59 Å². The van der Waals surface area contributed by atoms with Crippen molar-refractivity contribution >= 4 is 11.9 Å². The highest BCUT2D eigenvalue weighted by Crippen LogP contribution is 2.52. The predicted molar refractivity (Wildman–Crippen MR) is 80.5 cm³/mol. The fraction of sp³-hybridized carbons (Fsp3) is 0.765. The maximum atomic E-state index is 12.9. The van der Waals surface area contributed by atoms with E-state index in [0.29, 0.717) is 19.7 Å². The van der Waals surface area contributed by atoms with Crippen molar-refractivity contribution in [2.75, 3.05) is 26.3 Å². The zero-order valence-electron chi connectivity index (χ0n) is 13.4. The number of ether oxygens (including phenoxy) is 3. The van der Waals surface area contributed by atoms with Crippen LogP contribution in [0.5, 0.6) is 0 Å². The molecule has 5 atom stereocenters. The molecule has 2 bridgehead atoms. The normalized spacial score (nSPS) is 40.9. The Hall–Kier alpha value is -1.40. The summed E-state index contributed by atoms with van der Waals surface area (Å²) >= 11 is 0. The van der Waals surface area contributed by atoms with Crippen molar-refractivity contribution in [3.63, 3.8) is 0 Å². The van der Waals surface area contributed by atoms with Crippen LogP contribution in [0.25, 0.3) is 0 Å². The molecule has 0 unspecified atom stereocenters. The first-order valence-electron chi connectivity index (χ1n) is 8.59. The average Bonchev–Trinajstić information content (AvgIpc) is 3.28. The molecule has 4 heterocycles. The molecule has 23 heavy (non-hydrogen) atoms. The van der Waals surface area contributed by atoms with E-state index in [0.717, 1.165) is 25.9 Å². The summed E-state index contributed by atoms with van der Waals surface area (Å²) in [5.41, 5.74) is -0.643. The van der Waals surface area contributed by atoms with Crippen LogP contribution in [0.4, 0.5) is 0 Å². The van der Waals surface area contributed by atoms with Crippen LogP contribution in [0, 0.1) is 11.8 Å². The first kappa shape index (κ1) is 15.1. The van der Waals surface area contributed by atoms with Crippen LogP contribution in [0.2, 0.25) is 0 Å². The standard InChI is InChI=1S/C17H23NO5/c1-2-7-22-16(20)13-12-5-6-17(23-12)10-18(15(19)14(13)17)9-11-4-3-8-21-11/h5-6,11-14H,2-4,7-10H2,1H3/t11-,12-,13+,14-,17-/m0/s1. The number of esters is 1. The molecule has 6 heteroatoms. The van der Waals surface area contributed by atoms with E-state index < -0.39 is 17.4 Å². The van der Waals surface area contributed by atoms with Gasteiger partial charge in [-0.3, -0.25) is 9.59 Å². The van der Waals surface area contributed by atoms with E-state index >= 15 is 0 Å².